The maximum atomic E-state index is 12.4. The topological polar surface area (TPSA) is 122 Å². The number of benzene rings is 2. The van der Waals surface area contributed by atoms with Crippen LogP contribution in [-0.4, -0.2) is 44.8 Å². The molecule has 3 aromatic heterocycles. The van der Waals surface area contributed by atoms with Crippen LogP contribution in [0.5, 0.6) is 0 Å². The van der Waals surface area contributed by atoms with Gasteiger partial charge in [-0.3, -0.25) is 19.6 Å². The molecule has 0 spiro atoms. The van der Waals surface area contributed by atoms with Gasteiger partial charge in [-0.25, -0.2) is 9.97 Å². The van der Waals surface area contributed by atoms with Crippen LogP contribution in [0.2, 0.25) is 0 Å². The van der Waals surface area contributed by atoms with E-state index in [-0.39, 0.29) is 24.9 Å². The quantitative estimate of drug-likeness (QED) is 0.302. The molecular weight excluding hydrogens is 466 g/mol. The Morgan fingerprint density at radius 3 is 2.41 bits per heavy atom. The Hall–Kier alpha value is -5.18. The Morgan fingerprint density at radius 2 is 1.59 bits per heavy atom. The number of hydrogen-bond donors (Lipinski definition) is 3. The van der Waals surface area contributed by atoms with Crippen LogP contribution >= 0.6 is 0 Å². The second kappa shape index (κ2) is 11.0. The molecule has 9 heteroatoms. The average Bonchev–Trinajstić information content (AvgIpc) is 2.95. The first kappa shape index (κ1) is 23.6. The lowest BCUT2D eigenvalue weighted by atomic mass is 10.1. The summed E-state index contributed by atoms with van der Waals surface area (Å²) in [6.07, 6.45) is 5.05. The highest BCUT2D eigenvalue weighted by molar-refractivity contribution is 5.97. The summed E-state index contributed by atoms with van der Waals surface area (Å²) in [7, 11) is 0. The standard InChI is InChI=1S/C28H23N7O2/c36-26(32-18-27(37)33-22-11-10-19-6-1-2-7-20(19)14-22)17-31-25-15-24(21-8-5-12-29-16-21)34-28(35-25)23-9-3-4-13-30-23/h1-16H,17-18H2,(H,32,36)(H,33,37)(H,31,34,35). The van der Waals surface area contributed by atoms with Crippen LogP contribution in [0.1, 0.15) is 0 Å². The van der Waals surface area contributed by atoms with Gasteiger partial charge in [-0.05, 0) is 47.2 Å². The zero-order chi connectivity index (χ0) is 25.5. The van der Waals surface area contributed by atoms with Gasteiger partial charge in [0.05, 0.1) is 18.8 Å². The molecule has 5 rings (SSSR count). The number of rotatable bonds is 8. The summed E-state index contributed by atoms with van der Waals surface area (Å²) in [4.78, 5) is 42.4. The van der Waals surface area contributed by atoms with E-state index in [1.807, 2.05) is 72.8 Å². The van der Waals surface area contributed by atoms with Crippen LogP contribution in [0, 0.1) is 0 Å². The second-order valence-electron chi connectivity index (χ2n) is 8.16. The number of amides is 2. The molecule has 0 radical (unpaired) electrons. The number of hydrogen-bond acceptors (Lipinski definition) is 7. The molecule has 5 aromatic rings. The molecule has 0 aliphatic heterocycles. The number of carbonyl (C=O) groups excluding carboxylic acids is 2. The normalized spacial score (nSPS) is 10.6. The van der Waals surface area contributed by atoms with Crippen LogP contribution in [0.25, 0.3) is 33.5 Å². The monoisotopic (exact) mass is 489 g/mol. The van der Waals surface area contributed by atoms with E-state index in [1.54, 1.807) is 24.7 Å². The zero-order valence-electron chi connectivity index (χ0n) is 19.8. The lowest BCUT2D eigenvalue weighted by Crippen LogP contribution is -2.36. The predicted octanol–water partition coefficient (Wildman–Crippen LogP) is 3.92. The van der Waals surface area contributed by atoms with Gasteiger partial charge in [0.2, 0.25) is 11.8 Å². The Bertz CT molecular complexity index is 1490. The number of anilines is 2. The van der Waals surface area contributed by atoms with Crippen LogP contribution < -0.4 is 16.0 Å². The van der Waals surface area contributed by atoms with E-state index in [0.29, 0.717) is 28.7 Å². The average molecular weight is 490 g/mol. The van der Waals surface area contributed by atoms with E-state index >= 15 is 0 Å². The van der Waals surface area contributed by atoms with Crippen molar-refractivity contribution in [3.8, 4) is 22.8 Å². The molecular formula is C28H23N7O2. The molecule has 37 heavy (non-hydrogen) atoms. The lowest BCUT2D eigenvalue weighted by Gasteiger charge is -2.11. The first-order valence-corrected chi connectivity index (χ1v) is 11.6. The van der Waals surface area contributed by atoms with Crippen LogP contribution in [-0.2, 0) is 9.59 Å². The Labute approximate surface area is 213 Å². The van der Waals surface area contributed by atoms with Crippen molar-refractivity contribution >= 4 is 34.1 Å². The van der Waals surface area contributed by atoms with Crippen molar-refractivity contribution in [2.45, 2.75) is 0 Å². The minimum atomic E-state index is -0.352. The number of nitrogens with one attached hydrogen (secondary N) is 3. The fourth-order valence-corrected chi connectivity index (χ4v) is 3.69. The summed E-state index contributed by atoms with van der Waals surface area (Å²) in [6.45, 7) is -0.231. The molecule has 0 aliphatic rings. The predicted molar refractivity (Wildman–Crippen MR) is 143 cm³/mol. The van der Waals surface area contributed by atoms with Crippen molar-refractivity contribution in [2.24, 2.45) is 0 Å². The first-order chi connectivity index (χ1) is 18.1. The van der Waals surface area contributed by atoms with Gasteiger partial charge in [0, 0.05) is 35.9 Å². The van der Waals surface area contributed by atoms with Crippen molar-refractivity contribution in [3.63, 3.8) is 0 Å². The van der Waals surface area contributed by atoms with E-state index < -0.39 is 0 Å². The minimum Gasteiger partial charge on any atom is -0.361 e. The molecule has 3 heterocycles. The third-order valence-corrected chi connectivity index (χ3v) is 5.49. The Morgan fingerprint density at radius 1 is 0.730 bits per heavy atom. The summed E-state index contributed by atoms with van der Waals surface area (Å²) in [6, 6.07) is 24.5. The van der Waals surface area contributed by atoms with E-state index in [2.05, 4.69) is 35.9 Å². The Kier molecular flexibility index (Phi) is 7.03. The molecule has 9 nitrogen and oxygen atoms in total. The van der Waals surface area contributed by atoms with Gasteiger partial charge >= 0.3 is 0 Å². The molecule has 0 bridgehead atoms. The van der Waals surface area contributed by atoms with E-state index in [1.165, 1.54) is 0 Å². The second-order valence-corrected chi connectivity index (χ2v) is 8.16. The third-order valence-electron chi connectivity index (χ3n) is 5.49. The molecule has 0 fully saturated rings. The van der Waals surface area contributed by atoms with Gasteiger partial charge in [-0.15, -0.1) is 0 Å². The van der Waals surface area contributed by atoms with Gasteiger partial charge < -0.3 is 16.0 Å². The maximum Gasteiger partial charge on any atom is 0.243 e. The van der Waals surface area contributed by atoms with Crippen LogP contribution in [0.4, 0.5) is 11.5 Å². The van der Waals surface area contributed by atoms with Gasteiger partial charge in [0.1, 0.15) is 11.5 Å². The molecule has 0 saturated carbocycles. The van der Waals surface area contributed by atoms with Gasteiger partial charge in [0.25, 0.3) is 0 Å². The maximum absolute atomic E-state index is 12.4. The van der Waals surface area contributed by atoms with Crippen molar-refractivity contribution < 1.29 is 9.59 Å². The molecule has 3 N–H and O–H groups in total. The number of carbonyl (C=O) groups is 2. The SMILES string of the molecule is O=C(CNc1cc(-c2cccnc2)nc(-c2ccccn2)n1)NCC(=O)Nc1ccc2ccccc2c1. The van der Waals surface area contributed by atoms with E-state index in [4.69, 9.17) is 0 Å². The van der Waals surface area contributed by atoms with Crippen molar-refractivity contribution in [2.75, 3.05) is 23.7 Å². The number of fused-ring (bicyclic) bond motifs is 1. The van der Waals surface area contributed by atoms with E-state index in [0.717, 1.165) is 16.3 Å². The molecule has 2 aromatic carbocycles. The highest BCUT2D eigenvalue weighted by atomic mass is 16.2. The summed E-state index contributed by atoms with van der Waals surface area (Å²) >= 11 is 0. The van der Waals surface area contributed by atoms with Gasteiger partial charge in [0.15, 0.2) is 5.82 Å². The number of aromatic nitrogens is 4. The molecule has 0 unspecified atom stereocenters. The zero-order valence-corrected chi connectivity index (χ0v) is 19.8. The fourth-order valence-electron chi connectivity index (χ4n) is 3.69. The molecule has 182 valence electrons. The number of nitrogens with zero attached hydrogens (tertiary/aromatic N) is 4. The largest absolute Gasteiger partial charge is 0.361 e. The number of pyridine rings is 2. The summed E-state index contributed by atoms with van der Waals surface area (Å²) in [5.41, 5.74) is 2.72. The molecule has 0 saturated heterocycles. The molecule has 0 atom stereocenters. The highest BCUT2D eigenvalue weighted by Crippen LogP contribution is 2.23. The van der Waals surface area contributed by atoms with Crippen LogP contribution in [0.15, 0.2) is 97.5 Å². The van der Waals surface area contributed by atoms with Gasteiger partial charge in [-0.2, -0.15) is 0 Å². The first-order valence-electron chi connectivity index (χ1n) is 11.6. The van der Waals surface area contributed by atoms with Crippen molar-refractivity contribution in [3.05, 3.63) is 97.5 Å². The summed E-state index contributed by atoms with van der Waals surface area (Å²) in [5, 5.41) is 10.6. The minimum absolute atomic E-state index is 0.0750. The molecule has 2 amide bonds. The summed E-state index contributed by atoms with van der Waals surface area (Å²) < 4.78 is 0. The van der Waals surface area contributed by atoms with Gasteiger partial charge in [-0.1, -0.05) is 36.4 Å². The van der Waals surface area contributed by atoms with Crippen molar-refractivity contribution in [1.82, 2.24) is 25.3 Å². The van der Waals surface area contributed by atoms with Crippen LogP contribution in [0.3, 0.4) is 0 Å². The Balaban J connectivity index is 1.21. The highest BCUT2D eigenvalue weighted by Gasteiger charge is 2.12. The van der Waals surface area contributed by atoms with E-state index in [9.17, 15) is 9.59 Å². The van der Waals surface area contributed by atoms with Crippen molar-refractivity contribution in [1.29, 1.82) is 0 Å². The molecule has 0 aliphatic carbocycles. The fraction of sp³-hybridized carbons (Fsp3) is 0.0714. The lowest BCUT2D eigenvalue weighted by molar-refractivity contribution is -0.122. The summed E-state index contributed by atoms with van der Waals surface area (Å²) in [5.74, 6) is 0.196. The smallest absolute Gasteiger partial charge is 0.243 e. The third kappa shape index (κ3) is 6.09.